The van der Waals surface area contributed by atoms with Gasteiger partial charge in [0.25, 0.3) is 5.91 Å². The number of piperazine rings is 1. The fourth-order valence-corrected chi connectivity index (χ4v) is 5.29. The van der Waals surface area contributed by atoms with Crippen LogP contribution >= 0.6 is 0 Å². The summed E-state index contributed by atoms with van der Waals surface area (Å²) in [5, 5.41) is 3.48. The molecule has 0 bridgehead atoms. The van der Waals surface area contributed by atoms with Crippen molar-refractivity contribution >= 4 is 5.91 Å². The Labute approximate surface area is 218 Å². The van der Waals surface area contributed by atoms with Gasteiger partial charge in [0.15, 0.2) is 11.5 Å². The Hall–Kier alpha value is -4.03. The van der Waals surface area contributed by atoms with E-state index in [9.17, 15) is 4.79 Å². The summed E-state index contributed by atoms with van der Waals surface area (Å²) in [4.78, 5) is 16.3. The lowest BCUT2D eigenvalue weighted by molar-refractivity contribution is 0.0637. The van der Waals surface area contributed by atoms with Crippen molar-refractivity contribution in [1.82, 2.24) is 14.8 Å². The second-order valence-electron chi connectivity index (χ2n) is 9.31. The Morgan fingerprint density at radius 3 is 2.38 bits per heavy atom. The summed E-state index contributed by atoms with van der Waals surface area (Å²) in [6.07, 6.45) is 0.809. The first-order valence-electron chi connectivity index (χ1n) is 12.7. The van der Waals surface area contributed by atoms with Gasteiger partial charge in [-0.1, -0.05) is 66.7 Å². The highest BCUT2D eigenvalue weighted by atomic mass is 16.5. The van der Waals surface area contributed by atoms with Gasteiger partial charge >= 0.3 is 0 Å². The number of para-hydroxylation sites is 1. The first-order valence-corrected chi connectivity index (χ1v) is 12.7. The number of hydrogen-bond donors (Lipinski definition) is 1. The maximum atomic E-state index is 14.3. The standard InChI is InChI=1S/C31H33N3O3/c1-22-19-26(31(35)33-18-17-32-21-25(33)20-23-11-6-4-7-12-23)29(24-13-8-5-9-14-24)34(22)27-15-10-16-28(36-2)30(27)37-3/h4-16,19,25,32H,17-18,20-21H2,1-3H3/t25-/m1/s1. The number of methoxy groups -OCH3 is 2. The second kappa shape index (κ2) is 10.9. The van der Waals surface area contributed by atoms with E-state index in [1.165, 1.54) is 5.56 Å². The van der Waals surface area contributed by atoms with E-state index >= 15 is 0 Å². The van der Waals surface area contributed by atoms with Crippen LogP contribution in [-0.2, 0) is 6.42 Å². The summed E-state index contributed by atoms with van der Waals surface area (Å²) in [6, 6.07) is 28.4. The molecule has 0 unspecified atom stereocenters. The molecule has 1 fully saturated rings. The van der Waals surface area contributed by atoms with Crippen LogP contribution in [0.25, 0.3) is 16.9 Å². The molecule has 0 aliphatic carbocycles. The fourth-order valence-electron chi connectivity index (χ4n) is 5.29. The van der Waals surface area contributed by atoms with Crippen molar-refractivity contribution in [2.45, 2.75) is 19.4 Å². The molecule has 0 saturated carbocycles. The van der Waals surface area contributed by atoms with Gasteiger partial charge in [-0.05, 0) is 42.7 Å². The Balaban J connectivity index is 1.63. The predicted octanol–water partition coefficient (Wildman–Crippen LogP) is 5.13. The first-order chi connectivity index (χ1) is 18.1. The Morgan fingerprint density at radius 2 is 1.68 bits per heavy atom. The third-order valence-corrected chi connectivity index (χ3v) is 7.01. The largest absolute Gasteiger partial charge is 0.493 e. The molecule has 3 aromatic carbocycles. The van der Waals surface area contributed by atoms with E-state index in [1.54, 1.807) is 14.2 Å². The second-order valence-corrected chi connectivity index (χ2v) is 9.31. The summed E-state index contributed by atoms with van der Waals surface area (Å²) in [5.41, 5.74) is 5.52. The van der Waals surface area contributed by atoms with Gasteiger partial charge in [-0.25, -0.2) is 0 Å². The lowest BCUT2D eigenvalue weighted by Crippen LogP contribution is -2.54. The molecule has 5 rings (SSSR count). The van der Waals surface area contributed by atoms with Crippen LogP contribution in [0, 0.1) is 6.92 Å². The van der Waals surface area contributed by atoms with Crippen LogP contribution in [0.15, 0.2) is 84.9 Å². The van der Waals surface area contributed by atoms with Crippen molar-refractivity contribution in [3.63, 3.8) is 0 Å². The minimum absolute atomic E-state index is 0.0463. The summed E-state index contributed by atoms with van der Waals surface area (Å²) < 4.78 is 13.5. The van der Waals surface area contributed by atoms with Crippen molar-refractivity contribution < 1.29 is 14.3 Å². The molecule has 37 heavy (non-hydrogen) atoms. The quantitative estimate of drug-likeness (QED) is 0.386. The molecule has 1 aliphatic rings. The average molecular weight is 496 g/mol. The molecule has 190 valence electrons. The zero-order valence-electron chi connectivity index (χ0n) is 21.6. The number of aryl methyl sites for hydroxylation is 1. The van der Waals surface area contributed by atoms with E-state index in [2.05, 4.69) is 34.1 Å². The SMILES string of the molecule is COc1cccc(-n2c(C)cc(C(=O)N3CCNC[C@H]3Cc3ccccc3)c2-c2ccccc2)c1OC. The number of nitrogens with zero attached hydrogens (tertiary/aromatic N) is 2. The van der Waals surface area contributed by atoms with Crippen LogP contribution < -0.4 is 14.8 Å². The number of hydrogen-bond acceptors (Lipinski definition) is 4. The number of rotatable bonds is 7. The van der Waals surface area contributed by atoms with Gasteiger partial charge in [0, 0.05) is 31.4 Å². The lowest BCUT2D eigenvalue weighted by Gasteiger charge is -2.36. The lowest BCUT2D eigenvalue weighted by atomic mass is 10.0. The summed E-state index contributed by atoms with van der Waals surface area (Å²) in [6.45, 7) is 4.24. The Morgan fingerprint density at radius 1 is 0.946 bits per heavy atom. The van der Waals surface area contributed by atoms with Gasteiger partial charge in [0.1, 0.15) is 0 Å². The van der Waals surface area contributed by atoms with Gasteiger partial charge in [-0.3, -0.25) is 4.79 Å². The van der Waals surface area contributed by atoms with E-state index in [0.717, 1.165) is 42.1 Å². The van der Waals surface area contributed by atoms with Crippen LogP contribution in [-0.4, -0.2) is 55.3 Å². The molecule has 6 heteroatoms. The number of carbonyl (C=O) groups excluding carboxylic acids is 1. The van der Waals surface area contributed by atoms with Crippen molar-refractivity contribution in [1.29, 1.82) is 0 Å². The van der Waals surface area contributed by atoms with Gasteiger partial charge in [0.05, 0.1) is 31.2 Å². The monoisotopic (exact) mass is 495 g/mol. The maximum Gasteiger partial charge on any atom is 0.256 e. The summed E-state index contributed by atoms with van der Waals surface area (Å²) in [7, 11) is 3.28. The van der Waals surface area contributed by atoms with Crippen LogP contribution in [0.3, 0.4) is 0 Å². The minimum atomic E-state index is 0.0463. The third-order valence-electron chi connectivity index (χ3n) is 7.01. The minimum Gasteiger partial charge on any atom is -0.493 e. The van der Waals surface area contributed by atoms with E-state index in [0.29, 0.717) is 23.6 Å². The molecule has 1 atom stereocenters. The van der Waals surface area contributed by atoms with E-state index < -0.39 is 0 Å². The summed E-state index contributed by atoms with van der Waals surface area (Å²) >= 11 is 0. The maximum absolute atomic E-state index is 14.3. The van der Waals surface area contributed by atoms with Gasteiger partial charge in [-0.2, -0.15) is 0 Å². The molecule has 1 N–H and O–H groups in total. The molecule has 1 saturated heterocycles. The summed E-state index contributed by atoms with van der Waals surface area (Å²) in [5.74, 6) is 1.32. The van der Waals surface area contributed by atoms with Crippen LogP contribution in [0.2, 0.25) is 0 Å². The molecule has 0 radical (unpaired) electrons. The number of nitrogens with one attached hydrogen (secondary N) is 1. The number of aromatic nitrogens is 1. The van der Waals surface area contributed by atoms with Crippen molar-refractivity contribution in [2.24, 2.45) is 0 Å². The molecule has 0 spiro atoms. The zero-order chi connectivity index (χ0) is 25.8. The average Bonchev–Trinajstić information content (AvgIpc) is 3.30. The van der Waals surface area contributed by atoms with Crippen LogP contribution in [0.1, 0.15) is 21.6 Å². The molecule has 1 aromatic heterocycles. The molecule has 4 aromatic rings. The third kappa shape index (κ3) is 4.85. The molecule has 1 aliphatic heterocycles. The van der Waals surface area contributed by atoms with Gasteiger partial charge < -0.3 is 24.3 Å². The number of ether oxygens (including phenoxy) is 2. The Bertz CT molecular complexity index is 1370. The molecule has 6 nitrogen and oxygen atoms in total. The molecular formula is C31H33N3O3. The highest BCUT2D eigenvalue weighted by molar-refractivity contribution is 6.01. The topological polar surface area (TPSA) is 55.7 Å². The highest BCUT2D eigenvalue weighted by Gasteiger charge is 2.32. The molecular weight excluding hydrogens is 462 g/mol. The zero-order valence-corrected chi connectivity index (χ0v) is 21.6. The smallest absolute Gasteiger partial charge is 0.256 e. The fraction of sp³-hybridized carbons (Fsp3) is 0.258. The van der Waals surface area contributed by atoms with Gasteiger partial charge in [-0.15, -0.1) is 0 Å². The number of benzene rings is 3. The number of amides is 1. The normalized spacial score (nSPS) is 15.4. The molecule has 1 amide bonds. The molecule has 2 heterocycles. The Kier molecular flexibility index (Phi) is 7.28. The predicted molar refractivity (Wildman–Crippen MR) is 147 cm³/mol. The van der Waals surface area contributed by atoms with E-state index in [1.807, 2.05) is 72.5 Å². The van der Waals surface area contributed by atoms with E-state index in [4.69, 9.17) is 9.47 Å². The first kappa shape index (κ1) is 24.7. The highest BCUT2D eigenvalue weighted by Crippen LogP contribution is 2.39. The van der Waals surface area contributed by atoms with Crippen molar-refractivity contribution in [2.75, 3.05) is 33.9 Å². The van der Waals surface area contributed by atoms with Gasteiger partial charge in [0.2, 0.25) is 0 Å². The number of carbonyl (C=O) groups is 1. The van der Waals surface area contributed by atoms with Crippen LogP contribution in [0.4, 0.5) is 0 Å². The van der Waals surface area contributed by atoms with Crippen molar-refractivity contribution in [3.8, 4) is 28.4 Å². The van der Waals surface area contributed by atoms with E-state index in [-0.39, 0.29) is 11.9 Å². The van der Waals surface area contributed by atoms with Crippen LogP contribution in [0.5, 0.6) is 11.5 Å². The van der Waals surface area contributed by atoms with Crippen molar-refractivity contribution in [3.05, 3.63) is 102 Å².